The Morgan fingerprint density at radius 2 is 2.27 bits per heavy atom. The van der Waals surface area contributed by atoms with Gasteiger partial charge in [0.25, 0.3) is 0 Å². The smallest absolute Gasteiger partial charge is 0.325 e. The number of aryl methyl sites for hydroxylation is 2. The number of thiophene rings is 1. The molecule has 1 aliphatic rings. The van der Waals surface area contributed by atoms with Gasteiger partial charge >= 0.3 is 5.97 Å². The van der Waals surface area contributed by atoms with Crippen LogP contribution in [-0.2, 0) is 27.2 Å². The minimum atomic E-state index is -0.460. The maximum Gasteiger partial charge on any atom is 0.325 e. The van der Waals surface area contributed by atoms with Gasteiger partial charge in [0, 0.05) is 10.3 Å². The molecule has 1 N–H and O–H groups in total. The van der Waals surface area contributed by atoms with Crippen molar-refractivity contribution in [1.82, 2.24) is 15.3 Å². The molecule has 22 heavy (non-hydrogen) atoms. The van der Waals surface area contributed by atoms with Gasteiger partial charge in [-0.15, -0.1) is 11.3 Å². The van der Waals surface area contributed by atoms with Crippen LogP contribution in [0.25, 0.3) is 10.2 Å². The predicted molar refractivity (Wildman–Crippen MR) is 85.2 cm³/mol. The molecule has 0 bridgehead atoms. The molecule has 1 amide bonds. The Morgan fingerprint density at radius 1 is 1.41 bits per heavy atom. The van der Waals surface area contributed by atoms with Gasteiger partial charge in [-0.1, -0.05) is 11.8 Å². The van der Waals surface area contributed by atoms with Gasteiger partial charge in [-0.25, -0.2) is 9.97 Å². The van der Waals surface area contributed by atoms with Crippen LogP contribution >= 0.6 is 23.1 Å². The van der Waals surface area contributed by atoms with Crippen LogP contribution in [0.3, 0.4) is 0 Å². The summed E-state index contributed by atoms with van der Waals surface area (Å²) in [4.78, 5) is 33.8. The lowest BCUT2D eigenvalue weighted by Gasteiger charge is -2.05. The first kappa shape index (κ1) is 15.2. The Hall–Kier alpha value is -1.67. The number of hydrogen-bond acceptors (Lipinski definition) is 7. The van der Waals surface area contributed by atoms with E-state index in [1.807, 2.05) is 0 Å². The number of nitrogens with one attached hydrogen (secondary N) is 1. The average molecular weight is 337 g/mol. The maximum atomic E-state index is 11.8. The van der Waals surface area contributed by atoms with Gasteiger partial charge in [-0.2, -0.15) is 0 Å². The quantitative estimate of drug-likeness (QED) is 0.507. The zero-order chi connectivity index (χ0) is 15.5. The molecule has 0 saturated heterocycles. The van der Waals surface area contributed by atoms with Gasteiger partial charge in [0.1, 0.15) is 22.7 Å². The molecule has 0 atom stereocenters. The molecular formula is C14H15N3O3S2. The molecular weight excluding hydrogens is 322 g/mol. The van der Waals surface area contributed by atoms with E-state index < -0.39 is 5.97 Å². The molecule has 1 aliphatic carbocycles. The molecule has 2 heterocycles. The number of hydrogen-bond donors (Lipinski definition) is 1. The number of fused-ring (bicyclic) bond motifs is 3. The lowest BCUT2D eigenvalue weighted by atomic mass is 10.2. The molecule has 0 fully saturated rings. The Labute approximate surface area is 135 Å². The number of carbonyl (C=O) groups excluding carboxylic acids is 2. The zero-order valence-electron chi connectivity index (χ0n) is 12.0. The van der Waals surface area contributed by atoms with E-state index in [1.165, 1.54) is 35.7 Å². The summed E-state index contributed by atoms with van der Waals surface area (Å²) in [5.74, 6) is -0.458. The number of rotatable bonds is 5. The summed E-state index contributed by atoms with van der Waals surface area (Å²) in [5.41, 5.74) is 1.35. The van der Waals surface area contributed by atoms with Crippen molar-refractivity contribution in [2.75, 3.05) is 19.4 Å². The SMILES string of the molecule is COC(=O)CNC(=O)CSc1ncnc2sc3c(c12)CCC3. The summed E-state index contributed by atoms with van der Waals surface area (Å²) in [6, 6.07) is 0. The molecule has 0 aromatic carbocycles. The Morgan fingerprint density at radius 3 is 3.09 bits per heavy atom. The van der Waals surface area contributed by atoms with Crippen LogP contribution in [0.5, 0.6) is 0 Å². The second-order valence-electron chi connectivity index (χ2n) is 4.86. The van der Waals surface area contributed by atoms with Crippen molar-refractivity contribution in [2.45, 2.75) is 24.3 Å². The van der Waals surface area contributed by atoms with Crippen LogP contribution in [-0.4, -0.2) is 41.3 Å². The Balaban J connectivity index is 1.69. The first-order chi connectivity index (χ1) is 10.7. The first-order valence-corrected chi connectivity index (χ1v) is 8.71. The highest BCUT2D eigenvalue weighted by atomic mass is 32.2. The van der Waals surface area contributed by atoms with E-state index in [0.29, 0.717) is 0 Å². The molecule has 2 aromatic heterocycles. The third-order valence-electron chi connectivity index (χ3n) is 3.46. The summed E-state index contributed by atoms with van der Waals surface area (Å²) < 4.78 is 4.48. The van der Waals surface area contributed by atoms with Gasteiger partial charge in [-0.05, 0) is 24.8 Å². The highest BCUT2D eigenvalue weighted by molar-refractivity contribution is 8.00. The van der Waals surface area contributed by atoms with Crippen molar-refractivity contribution >= 4 is 45.2 Å². The van der Waals surface area contributed by atoms with E-state index in [1.54, 1.807) is 17.7 Å². The molecule has 0 saturated carbocycles. The van der Waals surface area contributed by atoms with Crippen molar-refractivity contribution in [3.8, 4) is 0 Å². The van der Waals surface area contributed by atoms with Crippen LogP contribution < -0.4 is 5.32 Å². The van der Waals surface area contributed by atoms with Crippen LogP contribution in [0.1, 0.15) is 16.9 Å². The summed E-state index contributed by atoms with van der Waals surface area (Å²) in [6.45, 7) is -0.108. The van der Waals surface area contributed by atoms with E-state index >= 15 is 0 Å². The second-order valence-corrected chi connectivity index (χ2v) is 6.91. The minimum Gasteiger partial charge on any atom is -0.468 e. The van der Waals surface area contributed by atoms with Crippen LogP contribution in [0.15, 0.2) is 11.4 Å². The van der Waals surface area contributed by atoms with Gasteiger partial charge < -0.3 is 10.1 Å². The van der Waals surface area contributed by atoms with Gasteiger partial charge in [-0.3, -0.25) is 9.59 Å². The number of thioether (sulfide) groups is 1. The third kappa shape index (κ3) is 3.07. The lowest BCUT2D eigenvalue weighted by molar-refractivity contribution is -0.140. The lowest BCUT2D eigenvalue weighted by Crippen LogP contribution is -2.31. The molecule has 116 valence electrons. The zero-order valence-corrected chi connectivity index (χ0v) is 13.7. The van der Waals surface area contributed by atoms with Crippen LogP contribution in [0, 0.1) is 0 Å². The molecule has 0 radical (unpaired) electrons. The van der Waals surface area contributed by atoms with Crippen LogP contribution in [0.2, 0.25) is 0 Å². The number of amides is 1. The molecule has 2 aromatic rings. The topological polar surface area (TPSA) is 81.2 Å². The van der Waals surface area contributed by atoms with Crippen molar-refractivity contribution in [1.29, 1.82) is 0 Å². The molecule has 0 spiro atoms. The van der Waals surface area contributed by atoms with Crippen molar-refractivity contribution in [2.24, 2.45) is 0 Å². The Bertz CT molecular complexity index is 729. The minimum absolute atomic E-state index is 0.108. The first-order valence-electron chi connectivity index (χ1n) is 6.90. The van der Waals surface area contributed by atoms with Gasteiger partial charge in [0.2, 0.25) is 5.91 Å². The van der Waals surface area contributed by atoms with E-state index in [0.717, 1.165) is 28.1 Å². The standard InChI is InChI=1S/C14H15N3O3S2/c1-20-11(19)5-15-10(18)6-21-13-12-8-3-2-4-9(8)22-14(12)17-7-16-13/h7H,2-6H2,1H3,(H,15,18). The van der Waals surface area contributed by atoms with E-state index in [4.69, 9.17) is 0 Å². The average Bonchev–Trinajstić information content (AvgIpc) is 3.10. The fourth-order valence-electron chi connectivity index (χ4n) is 2.44. The molecule has 3 rings (SSSR count). The fraction of sp³-hybridized carbons (Fsp3) is 0.429. The molecule has 0 unspecified atom stereocenters. The van der Waals surface area contributed by atoms with Crippen molar-refractivity contribution < 1.29 is 14.3 Å². The van der Waals surface area contributed by atoms with E-state index in [2.05, 4.69) is 20.0 Å². The largest absolute Gasteiger partial charge is 0.468 e. The number of esters is 1. The Kier molecular flexibility index (Phi) is 4.58. The summed E-state index contributed by atoms with van der Waals surface area (Å²) in [6.07, 6.45) is 4.89. The number of carbonyl (C=O) groups is 2. The van der Waals surface area contributed by atoms with Gasteiger partial charge in [0.15, 0.2) is 0 Å². The molecule has 6 nitrogen and oxygen atoms in total. The highest BCUT2D eigenvalue weighted by Crippen LogP contribution is 2.39. The summed E-state index contributed by atoms with van der Waals surface area (Å²) in [7, 11) is 1.29. The molecule has 0 aliphatic heterocycles. The summed E-state index contributed by atoms with van der Waals surface area (Å²) in [5, 5.41) is 4.47. The number of aromatic nitrogens is 2. The number of methoxy groups -OCH3 is 1. The van der Waals surface area contributed by atoms with Crippen molar-refractivity contribution in [3.63, 3.8) is 0 Å². The van der Waals surface area contributed by atoms with Crippen LogP contribution in [0.4, 0.5) is 0 Å². The maximum absolute atomic E-state index is 11.8. The number of nitrogens with zero attached hydrogens (tertiary/aromatic N) is 2. The van der Waals surface area contributed by atoms with E-state index in [9.17, 15) is 9.59 Å². The second kappa shape index (κ2) is 6.62. The van der Waals surface area contributed by atoms with E-state index in [-0.39, 0.29) is 18.2 Å². The third-order valence-corrected chi connectivity index (χ3v) is 5.65. The summed E-state index contributed by atoms with van der Waals surface area (Å²) >= 11 is 3.11. The normalized spacial score (nSPS) is 13.1. The number of ether oxygens (including phenoxy) is 1. The van der Waals surface area contributed by atoms with Gasteiger partial charge in [0.05, 0.1) is 12.9 Å². The fourth-order valence-corrected chi connectivity index (χ4v) is 4.59. The predicted octanol–water partition coefficient (Wildman–Crippen LogP) is 1.56. The van der Waals surface area contributed by atoms with Crippen molar-refractivity contribution in [3.05, 3.63) is 16.8 Å². The molecule has 8 heteroatoms. The monoisotopic (exact) mass is 337 g/mol. The highest BCUT2D eigenvalue weighted by Gasteiger charge is 2.21.